The number of aromatic nitrogens is 1. The molecule has 0 aliphatic heterocycles. The zero-order chi connectivity index (χ0) is 14.5. The van der Waals surface area contributed by atoms with Gasteiger partial charge in [0.1, 0.15) is 5.54 Å². The van der Waals surface area contributed by atoms with Crippen LogP contribution in [0.4, 0.5) is 4.79 Å². The van der Waals surface area contributed by atoms with E-state index < -0.39 is 17.5 Å². The molecule has 0 radical (unpaired) electrons. The summed E-state index contributed by atoms with van der Waals surface area (Å²) < 4.78 is 0. The molecule has 7 nitrogen and oxygen atoms in total. The normalized spacial score (nSPS) is 13.6. The average Bonchev–Trinajstić information content (AvgIpc) is 2.72. The molecular formula is C11H17N3O4S. The molecule has 4 N–H and O–H groups in total. The second-order valence-electron chi connectivity index (χ2n) is 4.37. The highest BCUT2D eigenvalue weighted by atomic mass is 32.1. The van der Waals surface area contributed by atoms with E-state index in [4.69, 9.17) is 5.11 Å². The highest BCUT2D eigenvalue weighted by Gasteiger charge is 2.33. The molecule has 2 amide bonds. The molecule has 0 saturated heterocycles. The van der Waals surface area contributed by atoms with E-state index in [1.807, 2.05) is 6.92 Å². The van der Waals surface area contributed by atoms with Crippen molar-refractivity contribution < 1.29 is 14.7 Å². The Balaban J connectivity index is 2.53. The standard InChI is InChI=1S/C11H17N3O4S/c1-3-4-11(2,8(15)16)14-9(17)12-5-7-6-19-10(18)13-7/h6H,3-5H2,1-2H3,(H,13,18)(H,15,16)(H2,12,14,17). The monoisotopic (exact) mass is 287 g/mol. The molecule has 1 aromatic rings. The number of carboxylic acids is 1. The Bertz CT molecular complexity index is 510. The summed E-state index contributed by atoms with van der Waals surface area (Å²) in [7, 11) is 0. The lowest BCUT2D eigenvalue weighted by molar-refractivity contribution is -0.144. The van der Waals surface area contributed by atoms with Gasteiger partial charge in [-0.15, -0.1) is 0 Å². The van der Waals surface area contributed by atoms with Gasteiger partial charge in [-0.3, -0.25) is 4.79 Å². The van der Waals surface area contributed by atoms with Crippen LogP contribution in [0.15, 0.2) is 10.2 Å². The van der Waals surface area contributed by atoms with Gasteiger partial charge in [0.25, 0.3) is 0 Å². The molecule has 0 aliphatic rings. The zero-order valence-electron chi connectivity index (χ0n) is 10.8. The number of amides is 2. The van der Waals surface area contributed by atoms with Crippen LogP contribution in [0.2, 0.25) is 0 Å². The molecule has 0 saturated carbocycles. The Kier molecular flexibility index (Phi) is 5.11. The quantitative estimate of drug-likeness (QED) is 0.622. The van der Waals surface area contributed by atoms with Gasteiger partial charge < -0.3 is 20.7 Å². The van der Waals surface area contributed by atoms with Crippen molar-refractivity contribution in [2.75, 3.05) is 0 Å². The van der Waals surface area contributed by atoms with Crippen LogP contribution in [0.5, 0.6) is 0 Å². The van der Waals surface area contributed by atoms with Crippen LogP contribution < -0.4 is 15.5 Å². The number of hydrogen-bond acceptors (Lipinski definition) is 4. The van der Waals surface area contributed by atoms with Crippen molar-refractivity contribution in [2.45, 2.75) is 38.8 Å². The fraction of sp³-hybridized carbons (Fsp3) is 0.545. The van der Waals surface area contributed by atoms with Crippen LogP contribution in [0.3, 0.4) is 0 Å². The molecule has 1 unspecified atom stereocenters. The summed E-state index contributed by atoms with van der Waals surface area (Å²) in [6.45, 7) is 3.45. The van der Waals surface area contributed by atoms with Gasteiger partial charge in [0.05, 0.1) is 6.54 Å². The summed E-state index contributed by atoms with van der Waals surface area (Å²) in [5, 5.41) is 15.7. The maximum absolute atomic E-state index is 11.6. The first-order valence-electron chi connectivity index (χ1n) is 5.83. The van der Waals surface area contributed by atoms with Gasteiger partial charge in [-0.25, -0.2) is 9.59 Å². The molecule has 0 aliphatic carbocycles. The minimum Gasteiger partial charge on any atom is -0.480 e. The Hall–Kier alpha value is -1.83. The van der Waals surface area contributed by atoms with Crippen molar-refractivity contribution >= 4 is 23.3 Å². The van der Waals surface area contributed by atoms with Crippen molar-refractivity contribution in [3.05, 3.63) is 20.7 Å². The van der Waals surface area contributed by atoms with Crippen molar-refractivity contribution in [2.24, 2.45) is 0 Å². The van der Waals surface area contributed by atoms with Crippen LogP contribution >= 0.6 is 11.3 Å². The van der Waals surface area contributed by atoms with E-state index in [2.05, 4.69) is 15.6 Å². The molecule has 19 heavy (non-hydrogen) atoms. The first kappa shape index (κ1) is 15.2. The van der Waals surface area contributed by atoms with Crippen LogP contribution in [0, 0.1) is 0 Å². The predicted octanol–water partition coefficient (Wildman–Crippen LogP) is 0.879. The SMILES string of the molecule is CCCC(C)(NC(=O)NCc1csc(=O)[nH]1)C(=O)O. The Morgan fingerprint density at radius 2 is 2.21 bits per heavy atom. The molecule has 1 aromatic heterocycles. The van der Waals surface area contributed by atoms with Crippen LogP contribution in [-0.2, 0) is 11.3 Å². The van der Waals surface area contributed by atoms with Crippen LogP contribution in [0.25, 0.3) is 0 Å². The second-order valence-corrected chi connectivity index (χ2v) is 5.21. The third kappa shape index (κ3) is 4.40. The summed E-state index contributed by atoms with van der Waals surface area (Å²) in [6, 6.07) is -0.578. The van der Waals surface area contributed by atoms with Crippen molar-refractivity contribution in [3.8, 4) is 0 Å². The summed E-state index contributed by atoms with van der Waals surface area (Å²) in [5.74, 6) is -1.08. The summed E-state index contributed by atoms with van der Waals surface area (Å²) >= 11 is 1.01. The number of H-pyrrole nitrogens is 1. The lowest BCUT2D eigenvalue weighted by Crippen LogP contribution is -2.55. The zero-order valence-corrected chi connectivity index (χ0v) is 11.6. The number of carbonyl (C=O) groups excluding carboxylic acids is 1. The summed E-state index contributed by atoms with van der Waals surface area (Å²) in [5.41, 5.74) is -0.710. The third-order valence-corrected chi connectivity index (χ3v) is 3.34. The fourth-order valence-corrected chi connectivity index (χ4v) is 2.18. The molecule has 0 fully saturated rings. The molecule has 1 atom stereocenters. The highest BCUT2D eigenvalue weighted by molar-refractivity contribution is 7.07. The van der Waals surface area contributed by atoms with Gasteiger partial charge >= 0.3 is 16.9 Å². The Labute approximate surface area is 114 Å². The molecule has 1 rings (SSSR count). The van der Waals surface area contributed by atoms with Gasteiger partial charge in [-0.1, -0.05) is 24.7 Å². The number of aromatic amines is 1. The number of nitrogens with one attached hydrogen (secondary N) is 3. The van der Waals surface area contributed by atoms with Crippen molar-refractivity contribution in [1.29, 1.82) is 0 Å². The first-order valence-corrected chi connectivity index (χ1v) is 6.71. The molecular weight excluding hydrogens is 270 g/mol. The number of carbonyl (C=O) groups is 2. The van der Waals surface area contributed by atoms with Gasteiger partial charge in [0, 0.05) is 11.1 Å². The number of rotatable bonds is 6. The number of carboxylic acid groups (broad SMARTS) is 1. The first-order chi connectivity index (χ1) is 8.87. The van der Waals surface area contributed by atoms with E-state index in [-0.39, 0.29) is 11.4 Å². The van der Waals surface area contributed by atoms with E-state index in [1.54, 1.807) is 5.38 Å². The molecule has 106 valence electrons. The number of hydrogen-bond donors (Lipinski definition) is 4. The smallest absolute Gasteiger partial charge is 0.329 e. The van der Waals surface area contributed by atoms with Crippen LogP contribution in [0.1, 0.15) is 32.4 Å². The van der Waals surface area contributed by atoms with Crippen LogP contribution in [-0.4, -0.2) is 27.6 Å². The Morgan fingerprint density at radius 1 is 1.53 bits per heavy atom. The average molecular weight is 287 g/mol. The minimum absolute atomic E-state index is 0.145. The summed E-state index contributed by atoms with van der Waals surface area (Å²) in [6.07, 6.45) is 0.978. The maximum Gasteiger partial charge on any atom is 0.329 e. The third-order valence-electron chi connectivity index (χ3n) is 2.62. The molecule has 0 spiro atoms. The van der Waals surface area contributed by atoms with Gasteiger partial charge in [-0.05, 0) is 13.3 Å². The number of aliphatic carboxylic acids is 1. The largest absolute Gasteiger partial charge is 0.480 e. The lowest BCUT2D eigenvalue weighted by atomic mass is 9.97. The highest BCUT2D eigenvalue weighted by Crippen LogP contribution is 2.12. The predicted molar refractivity (Wildman–Crippen MR) is 71.3 cm³/mol. The number of urea groups is 1. The minimum atomic E-state index is -1.29. The van der Waals surface area contributed by atoms with E-state index in [0.717, 1.165) is 11.3 Å². The topological polar surface area (TPSA) is 111 Å². The van der Waals surface area contributed by atoms with E-state index >= 15 is 0 Å². The van der Waals surface area contributed by atoms with Gasteiger partial charge in [0.2, 0.25) is 0 Å². The maximum atomic E-state index is 11.6. The molecule has 1 heterocycles. The van der Waals surface area contributed by atoms with E-state index in [9.17, 15) is 14.4 Å². The lowest BCUT2D eigenvalue weighted by Gasteiger charge is -2.25. The van der Waals surface area contributed by atoms with E-state index in [0.29, 0.717) is 18.5 Å². The van der Waals surface area contributed by atoms with Gasteiger partial charge in [-0.2, -0.15) is 0 Å². The van der Waals surface area contributed by atoms with Crippen molar-refractivity contribution in [1.82, 2.24) is 15.6 Å². The molecule has 0 bridgehead atoms. The summed E-state index contributed by atoms with van der Waals surface area (Å²) in [4.78, 5) is 36.0. The van der Waals surface area contributed by atoms with Gasteiger partial charge in [0.15, 0.2) is 0 Å². The van der Waals surface area contributed by atoms with Crippen molar-refractivity contribution in [3.63, 3.8) is 0 Å². The van der Waals surface area contributed by atoms with E-state index in [1.165, 1.54) is 6.92 Å². The number of thiazole rings is 1. The second kappa shape index (κ2) is 6.37. The Morgan fingerprint density at radius 3 is 2.68 bits per heavy atom. The molecule has 8 heteroatoms. The fourth-order valence-electron chi connectivity index (χ4n) is 1.59. The molecule has 0 aromatic carbocycles.